The van der Waals surface area contributed by atoms with Gasteiger partial charge in [-0.05, 0) is 107 Å². The fourth-order valence-electron chi connectivity index (χ4n) is 7.42. The Hall–Kier alpha value is -6.82. The number of aliphatic imine (C=N–C) groups is 1. The van der Waals surface area contributed by atoms with Crippen molar-refractivity contribution >= 4 is 17.0 Å². The standard InChI is InChI=1S/C49H32N2/c50-30-33-13-17-36(18-14-33)37-21-23-39(24-22-37)42-25-27-46-44-11-4-5-12-45(44)47-28-26-43(48(42)49(46)47)41-10-6-9-40(29-41)38-19-15-35(16-20-38)32-51-31-34-7-2-1-3-8-34/h1-29,31H,32H2. The molecule has 2 heteroatoms. The first kappa shape index (κ1) is 30.3. The number of hydrogen-bond donors (Lipinski definition) is 0. The van der Waals surface area contributed by atoms with Crippen LogP contribution in [0.1, 0.15) is 16.7 Å². The van der Waals surface area contributed by atoms with Gasteiger partial charge in [0.2, 0.25) is 0 Å². The molecular formula is C49H32N2. The number of fused-ring (bicyclic) bond motifs is 3. The van der Waals surface area contributed by atoms with Crippen LogP contribution in [0.5, 0.6) is 0 Å². The number of rotatable bonds is 7. The lowest BCUT2D eigenvalue weighted by Crippen LogP contribution is -1.90. The third kappa shape index (κ3) is 5.62. The van der Waals surface area contributed by atoms with Crippen molar-refractivity contribution in [2.24, 2.45) is 4.99 Å². The summed E-state index contributed by atoms with van der Waals surface area (Å²) in [5.74, 6) is 0. The molecule has 0 aromatic heterocycles. The molecule has 0 fully saturated rings. The van der Waals surface area contributed by atoms with Gasteiger partial charge in [0.05, 0.1) is 18.2 Å². The van der Waals surface area contributed by atoms with E-state index in [2.05, 4.69) is 145 Å². The van der Waals surface area contributed by atoms with Crippen molar-refractivity contribution in [1.82, 2.24) is 0 Å². The van der Waals surface area contributed by atoms with Gasteiger partial charge >= 0.3 is 0 Å². The van der Waals surface area contributed by atoms with E-state index in [0.717, 1.165) is 16.7 Å². The van der Waals surface area contributed by atoms with Crippen molar-refractivity contribution < 1.29 is 0 Å². The first-order valence-electron chi connectivity index (χ1n) is 17.3. The van der Waals surface area contributed by atoms with Gasteiger partial charge in [-0.15, -0.1) is 0 Å². The minimum Gasteiger partial charge on any atom is -0.288 e. The molecule has 2 nitrogen and oxygen atoms in total. The summed E-state index contributed by atoms with van der Waals surface area (Å²) < 4.78 is 0. The molecule has 8 aromatic rings. The molecule has 0 aliphatic heterocycles. The highest BCUT2D eigenvalue weighted by Gasteiger charge is 2.24. The number of nitriles is 1. The normalized spacial score (nSPS) is 11.5. The maximum atomic E-state index is 9.24. The van der Waals surface area contributed by atoms with Gasteiger partial charge in [0.15, 0.2) is 0 Å². The van der Waals surface area contributed by atoms with Crippen LogP contribution in [0.2, 0.25) is 0 Å². The van der Waals surface area contributed by atoms with Gasteiger partial charge in [0, 0.05) is 6.21 Å². The van der Waals surface area contributed by atoms with Crippen molar-refractivity contribution in [3.8, 4) is 72.8 Å². The molecule has 0 heterocycles. The Kier molecular flexibility index (Phi) is 7.65. The number of nitrogens with zero attached hydrogens (tertiary/aromatic N) is 2. The molecule has 238 valence electrons. The van der Waals surface area contributed by atoms with Crippen LogP contribution >= 0.6 is 0 Å². The molecule has 0 saturated carbocycles. The average molecular weight is 649 g/mol. The smallest absolute Gasteiger partial charge is 0.0991 e. The third-order valence-electron chi connectivity index (χ3n) is 9.99. The lowest BCUT2D eigenvalue weighted by atomic mass is 9.87. The molecule has 8 aromatic carbocycles. The minimum atomic E-state index is 0.648. The molecule has 0 bridgehead atoms. The van der Waals surface area contributed by atoms with E-state index >= 15 is 0 Å². The second-order valence-corrected chi connectivity index (χ2v) is 13.0. The zero-order valence-electron chi connectivity index (χ0n) is 27.9. The van der Waals surface area contributed by atoms with E-state index in [4.69, 9.17) is 0 Å². The molecule has 0 spiro atoms. The van der Waals surface area contributed by atoms with Crippen molar-refractivity contribution in [3.63, 3.8) is 0 Å². The Bertz CT molecular complexity index is 2600. The van der Waals surface area contributed by atoms with Crippen LogP contribution in [-0.4, -0.2) is 6.21 Å². The second kappa shape index (κ2) is 12.9. The molecule has 51 heavy (non-hydrogen) atoms. The summed E-state index contributed by atoms with van der Waals surface area (Å²) in [6.07, 6.45) is 1.94. The predicted octanol–water partition coefficient (Wildman–Crippen LogP) is 12.6. The van der Waals surface area contributed by atoms with Crippen LogP contribution < -0.4 is 0 Å². The Labute approximate surface area is 298 Å². The lowest BCUT2D eigenvalue weighted by Gasteiger charge is -2.16. The Morgan fingerprint density at radius 2 is 0.922 bits per heavy atom. The maximum absolute atomic E-state index is 9.24. The summed E-state index contributed by atoms with van der Waals surface area (Å²) in [6.45, 7) is 0.648. The lowest BCUT2D eigenvalue weighted by molar-refractivity contribution is 1.08. The molecular weight excluding hydrogens is 617 g/mol. The van der Waals surface area contributed by atoms with E-state index in [1.165, 1.54) is 72.0 Å². The van der Waals surface area contributed by atoms with Crippen molar-refractivity contribution in [2.75, 3.05) is 0 Å². The van der Waals surface area contributed by atoms with Crippen LogP contribution in [0.25, 0.3) is 77.5 Å². The molecule has 9 rings (SSSR count). The highest BCUT2D eigenvalue weighted by atomic mass is 14.7. The molecule has 1 aliphatic rings. The summed E-state index contributed by atoms with van der Waals surface area (Å²) in [5.41, 5.74) is 17.5. The van der Waals surface area contributed by atoms with E-state index in [1.807, 2.05) is 48.7 Å². The van der Waals surface area contributed by atoms with Crippen LogP contribution in [0.3, 0.4) is 0 Å². The first-order valence-corrected chi connectivity index (χ1v) is 17.3. The highest BCUT2D eigenvalue weighted by molar-refractivity contribution is 6.22. The van der Waals surface area contributed by atoms with Gasteiger partial charge in [0.25, 0.3) is 0 Å². The monoisotopic (exact) mass is 648 g/mol. The van der Waals surface area contributed by atoms with Gasteiger partial charge in [0.1, 0.15) is 0 Å². The Morgan fingerprint density at radius 1 is 0.412 bits per heavy atom. The van der Waals surface area contributed by atoms with E-state index in [1.54, 1.807) is 0 Å². The SMILES string of the molecule is N#Cc1ccc(-c2ccc(-c3ccc4c5c(ccc(-c6cccc(-c7ccc(CN=Cc8ccccc8)cc7)c6)c35)-c3ccccc3-4)cc2)cc1. The summed E-state index contributed by atoms with van der Waals surface area (Å²) in [5, 5.41) is 11.8. The van der Waals surface area contributed by atoms with Crippen molar-refractivity contribution in [1.29, 1.82) is 5.26 Å². The van der Waals surface area contributed by atoms with Gasteiger partial charge in [-0.1, -0.05) is 158 Å². The zero-order valence-corrected chi connectivity index (χ0v) is 27.9. The molecule has 0 N–H and O–H groups in total. The number of benzene rings is 8. The maximum Gasteiger partial charge on any atom is 0.0991 e. The van der Waals surface area contributed by atoms with Crippen LogP contribution in [0.15, 0.2) is 181 Å². The Balaban J connectivity index is 1.11. The van der Waals surface area contributed by atoms with Crippen LogP contribution in [-0.2, 0) is 6.54 Å². The summed E-state index contributed by atoms with van der Waals surface area (Å²) in [4.78, 5) is 4.66. The largest absolute Gasteiger partial charge is 0.288 e. The third-order valence-corrected chi connectivity index (χ3v) is 9.99. The average Bonchev–Trinajstić information content (AvgIpc) is 3.53. The van der Waals surface area contributed by atoms with Crippen LogP contribution in [0, 0.1) is 11.3 Å². The second-order valence-electron chi connectivity index (χ2n) is 13.0. The van der Waals surface area contributed by atoms with Crippen molar-refractivity contribution in [3.05, 3.63) is 193 Å². The molecule has 1 aliphatic carbocycles. The van der Waals surface area contributed by atoms with Gasteiger partial charge < -0.3 is 0 Å². The van der Waals surface area contributed by atoms with Gasteiger partial charge in [-0.3, -0.25) is 4.99 Å². The minimum absolute atomic E-state index is 0.648. The van der Waals surface area contributed by atoms with Gasteiger partial charge in [-0.25, -0.2) is 0 Å². The summed E-state index contributed by atoms with van der Waals surface area (Å²) >= 11 is 0. The number of hydrogen-bond acceptors (Lipinski definition) is 2. The predicted molar refractivity (Wildman–Crippen MR) is 213 cm³/mol. The van der Waals surface area contributed by atoms with E-state index in [9.17, 15) is 5.26 Å². The summed E-state index contributed by atoms with van der Waals surface area (Å²) in [6, 6.07) is 64.7. The Morgan fingerprint density at radius 3 is 1.59 bits per heavy atom. The fourth-order valence-corrected chi connectivity index (χ4v) is 7.42. The van der Waals surface area contributed by atoms with E-state index in [-0.39, 0.29) is 0 Å². The van der Waals surface area contributed by atoms with Crippen molar-refractivity contribution in [2.45, 2.75) is 6.54 Å². The van der Waals surface area contributed by atoms with Gasteiger partial charge in [-0.2, -0.15) is 5.26 Å². The zero-order chi connectivity index (χ0) is 34.1. The van der Waals surface area contributed by atoms with Crippen LogP contribution in [0.4, 0.5) is 0 Å². The molecule has 0 atom stereocenters. The van der Waals surface area contributed by atoms with E-state index in [0.29, 0.717) is 12.1 Å². The molecule has 0 amide bonds. The topological polar surface area (TPSA) is 36.1 Å². The highest BCUT2D eigenvalue weighted by Crippen LogP contribution is 2.52. The van der Waals surface area contributed by atoms with E-state index < -0.39 is 0 Å². The first-order chi connectivity index (χ1) is 25.2. The molecule has 0 unspecified atom stereocenters. The molecule has 0 radical (unpaired) electrons. The quantitative estimate of drug-likeness (QED) is 0.158. The fraction of sp³-hybridized carbons (Fsp3) is 0.0204. The molecule has 0 saturated heterocycles. The summed E-state index contributed by atoms with van der Waals surface area (Å²) in [7, 11) is 0.